The standard InChI is InChI=1S/C22H24N2O9/c1-21(32)7-5-4-6-8(25)9(7)15(26)10-12(21)17(28)13-14(24(2)3)16(27)11(20(23)31)19(30)22(13,33)18(10)29/h4-6,12-14,17,25-26,28,30,32-33H,1-3H3,(H2,23,31)/p-1/t12-,13+,14-,17-,21-,22+/m0/s1. The van der Waals surface area contributed by atoms with Crippen molar-refractivity contribution in [2.75, 3.05) is 14.1 Å². The number of aliphatic hydroxyl groups excluding tert-OH is 2. The van der Waals surface area contributed by atoms with E-state index >= 15 is 0 Å². The van der Waals surface area contributed by atoms with Gasteiger partial charge < -0.3 is 36.4 Å². The largest absolute Gasteiger partial charge is 0.872 e. The van der Waals surface area contributed by atoms with Gasteiger partial charge in [-0.05, 0) is 32.6 Å². The third kappa shape index (κ3) is 2.61. The molecular formula is C22H23N2O9-. The minimum absolute atomic E-state index is 0.0559. The SMILES string of the molecule is CN(C)[C@@H]1C(=O)C(C(N)=O)=C(O)[C@]2(O)C(=O)C3=C([O-])c4c(O)cccc4[C@](C)(O)[C@@H]3[C@H](O)[C@@H]12. The highest BCUT2D eigenvalue weighted by atomic mass is 16.4. The average molecular weight is 459 g/mol. The molecule has 11 nitrogen and oxygen atoms in total. The third-order valence-corrected chi connectivity index (χ3v) is 7.01. The fourth-order valence-corrected chi connectivity index (χ4v) is 5.58. The number of nitrogens with zero attached hydrogens (tertiary/aromatic N) is 1. The lowest BCUT2D eigenvalue weighted by Gasteiger charge is -2.56. The molecule has 0 spiro atoms. The van der Waals surface area contributed by atoms with Gasteiger partial charge in [0.05, 0.1) is 23.7 Å². The van der Waals surface area contributed by atoms with Gasteiger partial charge in [0, 0.05) is 17.1 Å². The number of amides is 1. The number of likely N-dealkylation sites (N-methyl/N-ethyl adjacent to an activating group) is 1. The number of primary amides is 1. The lowest BCUT2D eigenvalue weighted by atomic mass is 9.53. The van der Waals surface area contributed by atoms with Gasteiger partial charge in [0.1, 0.15) is 17.1 Å². The average Bonchev–Trinajstić information content (AvgIpc) is 2.70. The van der Waals surface area contributed by atoms with Crippen molar-refractivity contribution in [3.63, 3.8) is 0 Å². The van der Waals surface area contributed by atoms with E-state index in [2.05, 4.69) is 0 Å². The molecule has 3 aliphatic carbocycles. The number of aliphatic hydroxyl groups is 4. The number of benzene rings is 1. The van der Waals surface area contributed by atoms with Crippen LogP contribution in [0, 0.1) is 11.8 Å². The predicted octanol–water partition coefficient (Wildman–Crippen LogP) is -2.60. The van der Waals surface area contributed by atoms with Crippen molar-refractivity contribution in [3.8, 4) is 5.75 Å². The summed E-state index contributed by atoms with van der Waals surface area (Å²) in [4.78, 5) is 39.9. The summed E-state index contributed by atoms with van der Waals surface area (Å²) in [6, 6.07) is 2.37. The molecule has 4 rings (SSSR count). The number of carbonyl (C=O) groups is 3. The summed E-state index contributed by atoms with van der Waals surface area (Å²) in [7, 11) is 2.77. The van der Waals surface area contributed by atoms with Crippen LogP contribution in [0.3, 0.4) is 0 Å². The van der Waals surface area contributed by atoms with Crippen LogP contribution in [0.1, 0.15) is 18.1 Å². The van der Waals surface area contributed by atoms with Crippen molar-refractivity contribution in [1.82, 2.24) is 4.90 Å². The Morgan fingerprint density at radius 2 is 1.79 bits per heavy atom. The number of carbonyl (C=O) groups excluding carboxylic acids is 3. The number of aromatic hydroxyl groups is 1. The van der Waals surface area contributed by atoms with Crippen molar-refractivity contribution >= 4 is 23.2 Å². The molecule has 6 atom stereocenters. The normalized spacial score (nSPS) is 36.0. The van der Waals surface area contributed by atoms with E-state index < -0.39 is 86.6 Å². The first-order valence-corrected chi connectivity index (χ1v) is 10.1. The summed E-state index contributed by atoms with van der Waals surface area (Å²) < 4.78 is 0. The molecule has 1 aromatic rings. The van der Waals surface area contributed by atoms with Gasteiger partial charge >= 0.3 is 0 Å². The fourth-order valence-electron chi connectivity index (χ4n) is 5.58. The molecule has 1 saturated carbocycles. The Balaban J connectivity index is 2.11. The molecule has 0 saturated heterocycles. The van der Waals surface area contributed by atoms with Gasteiger partial charge in [0.15, 0.2) is 17.2 Å². The van der Waals surface area contributed by atoms with Gasteiger partial charge in [-0.25, -0.2) is 0 Å². The van der Waals surface area contributed by atoms with Crippen LogP contribution in [0.25, 0.3) is 5.76 Å². The number of phenolic OH excluding ortho intramolecular Hbond substituents is 1. The van der Waals surface area contributed by atoms with E-state index in [4.69, 9.17) is 5.73 Å². The first-order valence-electron chi connectivity index (χ1n) is 10.1. The fraction of sp³-hybridized carbons (Fsp3) is 0.409. The number of fused-ring (bicyclic) bond motifs is 3. The van der Waals surface area contributed by atoms with Crippen molar-refractivity contribution < 1.29 is 45.0 Å². The molecule has 1 amide bonds. The predicted molar refractivity (Wildman–Crippen MR) is 109 cm³/mol. The molecular weight excluding hydrogens is 436 g/mol. The van der Waals surface area contributed by atoms with Gasteiger partial charge in [-0.1, -0.05) is 17.9 Å². The molecule has 3 aliphatic rings. The minimum Gasteiger partial charge on any atom is -0.872 e. The summed E-state index contributed by atoms with van der Waals surface area (Å²) in [6.07, 6.45) is -1.91. The summed E-state index contributed by atoms with van der Waals surface area (Å²) in [6.45, 7) is 1.23. The van der Waals surface area contributed by atoms with Crippen LogP contribution >= 0.6 is 0 Å². The zero-order valence-corrected chi connectivity index (χ0v) is 17.9. The van der Waals surface area contributed by atoms with Gasteiger partial charge in [-0.15, -0.1) is 0 Å². The van der Waals surface area contributed by atoms with E-state index in [-0.39, 0.29) is 5.56 Å². The number of rotatable bonds is 2. The summed E-state index contributed by atoms with van der Waals surface area (Å²) in [5, 5.41) is 68.6. The Morgan fingerprint density at radius 3 is 2.33 bits per heavy atom. The molecule has 1 fully saturated rings. The van der Waals surface area contributed by atoms with Crippen molar-refractivity contribution in [2.45, 2.75) is 30.3 Å². The van der Waals surface area contributed by atoms with Crippen LogP contribution in [0.4, 0.5) is 0 Å². The highest BCUT2D eigenvalue weighted by Crippen LogP contribution is 2.56. The molecule has 0 heterocycles. The molecule has 7 N–H and O–H groups in total. The monoisotopic (exact) mass is 459 g/mol. The second kappa shape index (κ2) is 6.87. The smallest absolute Gasteiger partial charge is 0.255 e. The zero-order chi connectivity index (χ0) is 24.8. The lowest BCUT2D eigenvalue weighted by molar-refractivity contribution is -0.250. The number of nitrogens with two attached hydrogens (primary N) is 1. The quantitative estimate of drug-likeness (QED) is 0.254. The van der Waals surface area contributed by atoms with Gasteiger partial charge in [0.2, 0.25) is 0 Å². The Morgan fingerprint density at radius 1 is 1.18 bits per heavy atom. The number of phenols is 1. The first-order chi connectivity index (χ1) is 15.2. The molecule has 1 aromatic carbocycles. The van der Waals surface area contributed by atoms with Crippen LogP contribution in [0.2, 0.25) is 0 Å². The Hall–Kier alpha value is -3.25. The van der Waals surface area contributed by atoms with Crippen LogP contribution < -0.4 is 10.8 Å². The number of ketones is 2. The second-order valence-corrected chi connectivity index (χ2v) is 9.04. The Kier molecular flexibility index (Phi) is 4.78. The lowest BCUT2D eigenvalue weighted by Crippen LogP contribution is -2.72. The maximum absolute atomic E-state index is 13.6. The molecule has 176 valence electrons. The van der Waals surface area contributed by atoms with E-state index in [1.807, 2.05) is 0 Å². The summed E-state index contributed by atoms with van der Waals surface area (Å²) in [5.74, 6) is -10.2. The molecule has 0 radical (unpaired) electrons. The van der Waals surface area contributed by atoms with Crippen LogP contribution in [-0.4, -0.2) is 79.7 Å². The van der Waals surface area contributed by atoms with Gasteiger partial charge in [-0.2, -0.15) is 0 Å². The van der Waals surface area contributed by atoms with Crippen LogP contribution in [-0.2, 0) is 20.0 Å². The van der Waals surface area contributed by atoms with Crippen molar-refractivity contribution in [1.29, 1.82) is 0 Å². The first kappa shape index (κ1) is 22.9. The molecule has 33 heavy (non-hydrogen) atoms. The second-order valence-electron chi connectivity index (χ2n) is 9.04. The maximum Gasteiger partial charge on any atom is 0.255 e. The summed E-state index contributed by atoms with van der Waals surface area (Å²) >= 11 is 0. The van der Waals surface area contributed by atoms with Crippen molar-refractivity contribution in [3.05, 3.63) is 46.2 Å². The van der Waals surface area contributed by atoms with Gasteiger partial charge in [0.25, 0.3) is 5.91 Å². The molecule has 0 unspecified atom stereocenters. The summed E-state index contributed by atoms with van der Waals surface area (Å²) in [5.41, 5.74) is -2.17. The van der Waals surface area contributed by atoms with E-state index in [0.29, 0.717) is 0 Å². The minimum atomic E-state index is -3.06. The van der Waals surface area contributed by atoms with Crippen LogP contribution in [0.15, 0.2) is 35.1 Å². The van der Waals surface area contributed by atoms with Crippen LogP contribution in [0.5, 0.6) is 5.75 Å². The number of hydrogen-bond acceptors (Lipinski definition) is 10. The highest BCUT2D eigenvalue weighted by molar-refractivity contribution is 6.24. The van der Waals surface area contributed by atoms with E-state index in [1.54, 1.807) is 0 Å². The molecule has 11 heteroatoms. The van der Waals surface area contributed by atoms with Crippen molar-refractivity contribution in [2.24, 2.45) is 17.6 Å². The number of Topliss-reactive ketones (excluding diaryl/α,β-unsaturated/α-hetero) is 2. The molecule has 0 bridgehead atoms. The molecule has 0 aliphatic heterocycles. The van der Waals surface area contributed by atoms with E-state index in [1.165, 1.54) is 44.1 Å². The molecule has 0 aromatic heterocycles. The number of hydrogen-bond donors (Lipinski definition) is 6. The highest BCUT2D eigenvalue weighted by Gasteiger charge is 2.69. The van der Waals surface area contributed by atoms with E-state index in [0.717, 1.165) is 0 Å². The topological polar surface area (TPSA) is 205 Å². The van der Waals surface area contributed by atoms with Gasteiger partial charge in [-0.3, -0.25) is 19.3 Å². The Labute approximate surface area is 187 Å². The Bertz CT molecular complexity index is 1180. The van der Waals surface area contributed by atoms with E-state index in [9.17, 15) is 45.0 Å². The zero-order valence-electron chi connectivity index (χ0n) is 17.9. The third-order valence-electron chi connectivity index (χ3n) is 7.01. The maximum atomic E-state index is 13.6.